The molecule has 1 amide bonds. The molecule has 0 saturated carbocycles. The van der Waals surface area contributed by atoms with Crippen molar-refractivity contribution in [2.75, 3.05) is 18.0 Å². The molecule has 146 valence electrons. The molecule has 0 radical (unpaired) electrons. The Balaban J connectivity index is 2.20. The lowest BCUT2D eigenvalue weighted by Gasteiger charge is -2.31. The number of amides is 1. The van der Waals surface area contributed by atoms with E-state index in [4.69, 9.17) is 4.74 Å². The maximum absolute atomic E-state index is 12.7. The molecule has 0 aliphatic carbocycles. The SMILES string of the molecule is CCCN1CCC[C@H]1c1ccc(N(C(=O)OC(C)(C)C)[C@@H](C)CC)nc1. The van der Waals surface area contributed by atoms with E-state index < -0.39 is 5.60 Å². The van der Waals surface area contributed by atoms with Crippen molar-refractivity contribution >= 4 is 11.9 Å². The second-order valence-corrected chi connectivity index (χ2v) is 8.25. The van der Waals surface area contributed by atoms with Crippen LogP contribution in [0.2, 0.25) is 0 Å². The van der Waals surface area contributed by atoms with Crippen LogP contribution in [0, 0.1) is 0 Å². The van der Waals surface area contributed by atoms with Crippen molar-refractivity contribution in [1.82, 2.24) is 9.88 Å². The van der Waals surface area contributed by atoms with Crippen LogP contribution >= 0.6 is 0 Å². The molecule has 1 aliphatic rings. The molecule has 0 spiro atoms. The highest BCUT2D eigenvalue weighted by atomic mass is 16.6. The molecule has 0 bridgehead atoms. The highest BCUT2D eigenvalue weighted by molar-refractivity contribution is 5.87. The minimum atomic E-state index is -0.521. The van der Waals surface area contributed by atoms with Crippen LogP contribution in [0.4, 0.5) is 10.6 Å². The number of likely N-dealkylation sites (tertiary alicyclic amines) is 1. The lowest BCUT2D eigenvalue weighted by Crippen LogP contribution is -2.42. The molecular weight excluding hydrogens is 326 g/mol. The van der Waals surface area contributed by atoms with Crippen molar-refractivity contribution < 1.29 is 9.53 Å². The quantitative estimate of drug-likeness (QED) is 0.701. The van der Waals surface area contributed by atoms with Crippen molar-refractivity contribution in [3.05, 3.63) is 23.9 Å². The van der Waals surface area contributed by atoms with Gasteiger partial charge in [-0.15, -0.1) is 0 Å². The molecule has 5 nitrogen and oxygen atoms in total. The summed E-state index contributed by atoms with van der Waals surface area (Å²) in [4.78, 5) is 21.5. The van der Waals surface area contributed by atoms with E-state index in [1.165, 1.54) is 24.8 Å². The summed E-state index contributed by atoms with van der Waals surface area (Å²) in [5, 5.41) is 0. The lowest BCUT2D eigenvalue weighted by atomic mass is 10.1. The summed E-state index contributed by atoms with van der Waals surface area (Å²) in [7, 11) is 0. The van der Waals surface area contributed by atoms with E-state index in [9.17, 15) is 4.79 Å². The monoisotopic (exact) mass is 361 g/mol. The van der Waals surface area contributed by atoms with E-state index in [1.54, 1.807) is 4.90 Å². The van der Waals surface area contributed by atoms with Gasteiger partial charge < -0.3 is 4.74 Å². The first kappa shape index (κ1) is 20.7. The van der Waals surface area contributed by atoms with Gasteiger partial charge in [-0.25, -0.2) is 9.78 Å². The Morgan fingerprint density at radius 3 is 2.65 bits per heavy atom. The summed E-state index contributed by atoms with van der Waals surface area (Å²) < 4.78 is 5.60. The Morgan fingerprint density at radius 1 is 1.38 bits per heavy atom. The average molecular weight is 362 g/mol. The van der Waals surface area contributed by atoms with Crippen LogP contribution in [0.15, 0.2) is 18.3 Å². The van der Waals surface area contributed by atoms with Crippen molar-refractivity contribution in [3.63, 3.8) is 0 Å². The maximum atomic E-state index is 12.7. The van der Waals surface area contributed by atoms with E-state index in [2.05, 4.69) is 29.8 Å². The van der Waals surface area contributed by atoms with Gasteiger partial charge in [-0.2, -0.15) is 0 Å². The Morgan fingerprint density at radius 2 is 2.12 bits per heavy atom. The first-order chi connectivity index (χ1) is 12.3. The van der Waals surface area contributed by atoms with Crippen molar-refractivity contribution in [2.24, 2.45) is 0 Å². The predicted octanol–water partition coefficient (Wildman–Crippen LogP) is 5.17. The van der Waals surface area contributed by atoms with E-state index in [0.29, 0.717) is 11.9 Å². The van der Waals surface area contributed by atoms with Crippen LogP contribution in [0.1, 0.15) is 78.8 Å². The number of aromatic nitrogens is 1. The van der Waals surface area contributed by atoms with Gasteiger partial charge in [0.1, 0.15) is 11.4 Å². The zero-order valence-electron chi connectivity index (χ0n) is 17.3. The normalized spacial score (nSPS) is 19.4. The Labute approximate surface area is 158 Å². The summed E-state index contributed by atoms with van der Waals surface area (Å²) in [5.74, 6) is 0.664. The summed E-state index contributed by atoms with van der Waals surface area (Å²) in [6.07, 6.45) is 6.04. The first-order valence-corrected chi connectivity index (χ1v) is 9.99. The number of pyridine rings is 1. The van der Waals surface area contributed by atoms with E-state index in [-0.39, 0.29) is 12.1 Å². The number of carbonyl (C=O) groups excluding carboxylic acids is 1. The molecule has 2 atom stereocenters. The molecule has 26 heavy (non-hydrogen) atoms. The minimum absolute atomic E-state index is 0.0336. The second kappa shape index (κ2) is 8.85. The molecule has 2 rings (SSSR count). The lowest BCUT2D eigenvalue weighted by molar-refractivity contribution is 0.0566. The summed E-state index contributed by atoms with van der Waals surface area (Å²) >= 11 is 0. The fourth-order valence-electron chi connectivity index (χ4n) is 3.49. The highest BCUT2D eigenvalue weighted by Crippen LogP contribution is 2.32. The number of rotatable bonds is 6. The summed E-state index contributed by atoms with van der Waals surface area (Å²) in [6.45, 7) is 14.3. The third-order valence-corrected chi connectivity index (χ3v) is 4.90. The molecule has 5 heteroatoms. The van der Waals surface area contributed by atoms with E-state index >= 15 is 0 Å². The predicted molar refractivity (Wildman–Crippen MR) is 107 cm³/mol. The number of nitrogens with zero attached hydrogens (tertiary/aromatic N) is 3. The Hall–Kier alpha value is -1.62. The molecule has 0 aromatic carbocycles. The minimum Gasteiger partial charge on any atom is -0.443 e. The Kier molecular flexibility index (Phi) is 7.04. The topological polar surface area (TPSA) is 45.7 Å². The van der Waals surface area contributed by atoms with Crippen molar-refractivity contribution in [1.29, 1.82) is 0 Å². The van der Waals surface area contributed by atoms with Gasteiger partial charge in [-0.1, -0.05) is 19.9 Å². The van der Waals surface area contributed by atoms with Crippen LogP contribution in [0.5, 0.6) is 0 Å². The fourth-order valence-corrected chi connectivity index (χ4v) is 3.49. The molecule has 1 aromatic heterocycles. The molecule has 1 aromatic rings. The largest absolute Gasteiger partial charge is 0.443 e. The third-order valence-electron chi connectivity index (χ3n) is 4.90. The molecule has 1 fully saturated rings. The smallest absolute Gasteiger partial charge is 0.416 e. The number of hydrogen-bond donors (Lipinski definition) is 0. The number of carbonyl (C=O) groups is 1. The van der Waals surface area contributed by atoms with Gasteiger partial charge in [0.15, 0.2) is 0 Å². The average Bonchev–Trinajstić information content (AvgIpc) is 3.02. The van der Waals surface area contributed by atoms with Crippen LogP contribution in [0.25, 0.3) is 0 Å². The number of ether oxygens (including phenoxy) is 1. The van der Waals surface area contributed by atoms with Crippen LogP contribution in [-0.4, -0.2) is 40.7 Å². The number of hydrogen-bond acceptors (Lipinski definition) is 4. The van der Waals surface area contributed by atoms with Gasteiger partial charge in [0.2, 0.25) is 0 Å². The first-order valence-electron chi connectivity index (χ1n) is 9.99. The van der Waals surface area contributed by atoms with Gasteiger partial charge >= 0.3 is 6.09 Å². The number of anilines is 1. The summed E-state index contributed by atoms with van der Waals surface area (Å²) in [6, 6.07) is 4.58. The van der Waals surface area contributed by atoms with Gasteiger partial charge in [-0.05, 0) is 78.1 Å². The van der Waals surface area contributed by atoms with Crippen LogP contribution in [0.3, 0.4) is 0 Å². The molecule has 1 saturated heterocycles. The van der Waals surface area contributed by atoms with Gasteiger partial charge in [0.05, 0.1) is 0 Å². The standard InChI is InChI=1S/C21H35N3O2/c1-7-13-23-14-9-10-18(23)17-11-12-19(22-15-17)24(16(3)8-2)20(25)26-21(4,5)6/h11-12,15-16,18H,7-10,13-14H2,1-6H3/t16-,18-/m0/s1. The molecule has 0 N–H and O–H groups in total. The highest BCUT2D eigenvalue weighted by Gasteiger charge is 2.29. The van der Waals surface area contributed by atoms with Crippen molar-refractivity contribution in [3.8, 4) is 0 Å². The summed E-state index contributed by atoms with van der Waals surface area (Å²) in [5.41, 5.74) is 0.723. The second-order valence-electron chi connectivity index (χ2n) is 8.25. The fraction of sp³-hybridized carbons (Fsp3) is 0.714. The van der Waals surface area contributed by atoms with Crippen LogP contribution < -0.4 is 4.90 Å². The van der Waals surface area contributed by atoms with Crippen LogP contribution in [-0.2, 0) is 4.74 Å². The molecule has 2 heterocycles. The van der Waals surface area contributed by atoms with Gasteiger partial charge in [0.25, 0.3) is 0 Å². The van der Waals surface area contributed by atoms with E-state index in [1.807, 2.05) is 40.0 Å². The molecular formula is C21H35N3O2. The third kappa shape index (κ3) is 5.19. The zero-order valence-corrected chi connectivity index (χ0v) is 17.3. The van der Waals surface area contributed by atoms with Gasteiger partial charge in [-0.3, -0.25) is 9.80 Å². The van der Waals surface area contributed by atoms with Crippen molar-refractivity contribution in [2.45, 2.75) is 84.9 Å². The van der Waals surface area contributed by atoms with Gasteiger partial charge in [0, 0.05) is 18.3 Å². The zero-order chi connectivity index (χ0) is 19.3. The molecule has 0 unspecified atom stereocenters. The maximum Gasteiger partial charge on any atom is 0.416 e. The molecule has 1 aliphatic heterocycles. The Bertz CT molecular complexity index is 580. The van der Waals surface area contributed by atoms with E-state index in [0.717, 1.165) is 19.5 Å².